The molecule has 0 aromatic heterocycles. The minimum Gasteiger partial charge on any atom is -0.329 e. The molecular weight excluding hydrogens is 314 g/mol. The molecule has 0 radical (unpaired) electrons. The Balaban J connectivity index is 2.05. The fourth-order valence-electron chi connectivity index (χ4n) is 3.88. The molecule has 1 aliphatic heterocycles. The number of rotatable bonds is 6. The van der Waals surface area contributed by atoms with E-state index in [0.717, 1.165) is 42.6 Å². The zero-order chi connectivity index (χ0) is 17.6. The van der Waals surface area contributed by atoms with Crippen LogP contribution in [0.3, 0.4) is 0 Å². The van der Waals surface area contributed by atoms with Crippen LogP contribution in [-0.4, -0.2) is 30.7 Å². The highest BCUT2D eigenvalue weighted by Crippen LogP contribution is 2.33. The average molecular weight is 341 g/mol. The van der Waals surface area contributed by atoms with E-state index in [-0.39, 0.29) is 5.91 Å². The van der Waals surface area contributed by atoms with Crippen LogP contribution in [0.5, 0.6) is 0 Å². The molecule has 1 fully saturated rings. The summed E-state index contributed by atoms with van der Waals surface area (Å²) in [6, 6.07) is 8.05. The predicted octanol–water partition coefficient (Wildman–Crippen LogP) is 3.27. The number of anilines is 1. The number of aliphatic imine (C=N–C) groups is 1. The standard InChI is InChI=1S/C20H27N3O2/c1-2-3-13-23-17-12-8-7-11-16(17)18(15-9-5-4-6-10-15)22-19(20(23)25)21-14-24/h7-8,11-12,14-15,19H,2-6,9-10,13H2,1H3,(H,21,24). The molecule has 1 aromatic rings. The normalized spacial score (nSPS) is 21.3. The van der Waals surface area contributed by atoms with Gasteiger partial charge in [-0.1, -0.05) is 50.8 Å². The lowest BCUT2D eigenvalue weighted by Gasteiger charge is -2.26. The SMILES string of the molecule is CCCCN1C(=O)C(NC=O)N=C(C2CCCCC2)c2ccccc21. The first-order valence-electron chi connectivity index (χ1n) is 9.44. The number of hydrogen-bond donors (Lipinski definition) is 1. The number of hydrogen-bond acceptors (Lipinski definition) is 3. The summed E-state index contributed by atoms with van der Waals surface area (Å²) in [5.41, 5.74) is 2.97. The molecule has 1 aliphatic carbocycles. The largest absolute Gasteiger partial charge is 0.329 e. The van der Waals surface area contributed by atoms with Gasteiger partial charge >= 0.3 is 0 Å². The fraction of sp³-hybridized carbons (Fsp3) is 0.550. The number of benzodiazepines with no additional fused rings is 1. The molecule has 134 valence electrons. The van der Waals surface area contributed by atoms with E-state index in [1.807, 2.05) is 18.2 Å². The minimum atomic E-state index is -0.821. The van der Waals surface area contributed by atoms with Crippen LogP contribution in [0.2, 0.25) is 0 Å². The molecule has 0 bridgehead atoms. The summed E-state index contributed by atoms with van der Waals surface area (Å²) in [5.74, 6) is 0.226. The molecule has 25 heavy (non-hydrogen) atoms. The molecular formula is C20H27N3O2. The van der Waals surface area contributed by atoms with Gasteiger partial charge in [0.25, 0.3) is 5.91 Å². The Bertz CT molecular complexity index is 650. The number of amides is 2. The third kappa shape index (κ3) is 3.75. The number of carbonyl (C=O) groups excluding carboxylic acids is 2. The van der Waals surface area contributed by atoms with Gasteiger partial charge < -0.3 is 10.2 Å². The Labute approximate surface area is 149 Å². The van der Waals surface area contributed by atoms with Gasteiger partial charge in [-0.05, 0) is 25.3 Å². The van der Waals surface area contributed by atoms with Crippen LogP contribution in [0.15, 0.2) is 29.3 Å². The topological polar surface area (TPSA) is 61.8 Å². The molecule has 0 spiro atoms. The summed E-state index contributed by atoms with van der Waals surface area (Å²) in [7, 11) is 0. The lowest BCUT2D eigenvalue weighted by molar-refractivity contribution is -0.122. The molecule has 3 rings (SSSR count). The molecule has 5 nitrogen and oxygen atoms in total. The number of para-hydroxylation sites is 1. The minimum absolute atomic E-state index is 0.140. The van der Waals surface area contributed by atoms with Crippen LogP contribution < -0.4 is 10.2 Å². The van der Waals surface area contributed by atoms with E-state index in [1.165, 1.54) is 19.3 Å². The molecule has 1 saturated carbocycles. The summed E-state index contributed by atoms with van der Waals surface area (Å²) in [4.78, 5) is 30.6. The van der Waals surface area contributed by atoms with Crippen molar-refractivity contribution < 1.29 is 9.59 Å². The van der Waals surface area contributed by atoms with Crippen molar-refractivity contribution >= 4 is 23.7 Å². The number of nitrogens with zero attached hydrogens (tertiary/aromatic N) is 2. The Morgan fingerprint density at radius 1 is 1.24 bits per heavy atom. The molecule has 1 heterocycles. The van der Waals surface area contributed by atoms with Gasteiger partial charge in [0.15, 0.2) is 0 Å². The van der Waals surface area contributed by atoms with Crippen molar-refractivity contribution in [2.75, 3.05) is 11.4 Å². The molecule has 0 saturated heterocycles. The van der Waals surface area contributed by atoms with Crippen LogP contribution in [0.25, 0.3) is 0 Å². The van der Waals surface area contributed by atoms with Crippen molar-refractivity contribution in [3.05, 3.63) is 29.8 Å². The first-order chi connectivity index (χ1) is 12.3. The zero-order valence-electron chi connectivity index (χ0n) is 14.9. The third-order valence-electron chi connectivity index (χ3n) is 5.19. The van der Waals surface area contributed by atoms with E-state index in [2.05, 4.69) is 18.3 Å². The molecule has 2 amide bonds. The smallest absolute Gasteiger partial charge is 0.272 e. The van der Waals surface area contributed by atoms with Crippen LogP contribution in [0, 0.1) is 5.92 Å². The average Bonchev–Trinajstić information content (AvgIpc) is 2.77. The second-order valence-electron chi connectivity index (χ2n) is 6.90. The van der Waals surface area contributed by atoms with Gasteiger partial charge in [0.1, 0.15) is 0 Å². The van der Waals surface area contributed by atoms with E-state index >= 15 is 0 Å². The third-order valence-corrected chi connectivity index (χ3v) is 5.19. The number of fused-ring (bicyclic) bond motifs is 1. The highest BCUT2D eigenvalue weighted by atomic mass is 16.2. The molecule has 1 unspecified atom stereocenters. The summed E-state index contributed by atoms with van der Waals surface area (Å²) >= 11 is 0. The summed E-state index contributed by atoms with van der Waals surface area (Å²) in [6.07, 6.45) is 7.56. The Morgan fingerprint density at radius 3 is 2.72 bits per heavy atom. The van der Waals surface area contributed by atoms with Crippen LogP contribution in [0.1, 0.15) is 57.4 Å². The van der Waals surface area contributed by atoms with E-state index in [0.29, 0.717) is 18.9 Å². The molecule has 2 aliphatic rings. The van der Waals surface area contributed by atoms with Crippen LogP contribution >= 0.6 is 0 Å². The van der Waals surface area contributed by atoms with E-state index in [9.17, 15) is 9.59 Å². The molecule has 1 atom stereocenters. The number of nitrogens with one attached hydrogen (secondary N) is 1. The maximum atomic E-state index is 13.0. The number of benzene rings is 1. The fourth-order valence-corrected chi connectivity index (χ4v) is 3.88. The van der Waals surface area contributed by atoms with Gasteiger partial charge in [0, 0.05) is 18.0 Å². The Morgan fingerprint density at radius 2 is 2.00 bits per heavy atom. The van der Waals surface area contributed by atoms with Gasteiger partial charge in [-0.15, -0.1) is 0 Å². The maximum Gasteiger partial charge on any atom is 0.272 e. The van der Waals surface area contributed by atoms with Crippen molar-refractivity contribution in [3.63, 3.8) is 0 Å². The van der Waals surface area contributed by atoms with E-state index < -0.39 is 6.17 Å². The van der Waals surface area contributed by atoms with Crippen molar-refractivity contribution in [2.24, 2.45) is 10.9 Å². The highest BCUT2D eigenvalue weighted by Gasteiger charge is 2.33. The van der Waals surface area contributed by atoms with E-state index in [4.69, 9.17) is 4.99 Å². The molecule has 5 heteroatoms. The van der Waals surface area contributed by atoms with Gasteiger partial charge in [-0.3, -0.25) is 14.6 Å². The van der Waals surface area contributed by atoms with Gasteiger partial charge in [0.2, 0.25) is 12.6 Å². The van der Waals surface area contributed by atoms with Crippen molar-refractivity contribution in [1.29, 1.82) is 0 Å². The lowest BCUT2D eigenvalue weighted by Crippen LogP contribution is -2.45. The summed E-state index contributed by atoms with van der Waals surface area (Å²) in [5, 5.41) is 2.63. The second-order valence-corrected chi connectivity index (χ2v) is 6.90. The number of carbonyl (C=O) groups is 2. The van der Waals surface area contributed by atoms with Gasteiger partial charge in [-0.2, -0.15) is 0 Å². The van der Waals surface area contributed by atoms with Crippen molar-refractivity contribution in [3.8, 4) is 0 Å². The number of unbranched alkanes of at least 4 members (excludes halogenated alkanes) is 1. The predicted molar refractivity (Wildman–Crippen MR) is 99.8 cm³/mol. The van der Waals surface area contributed by atoms with Gasteiger partial charge in [0.05, 0.1) is 11.4 Å². The quantitative estimate of drug-likeness (QED) is 0.807. The monoisotopic (exact) mass is 341 g/mol. The van der Waals surface area contributed by atoms with Crippen molar-refractivity contribution in [1.82, 2.24) is 5.32 Å². The molecule has 1 N–H and O–H groups in total. The second kappa shape index (κ2) is 8.28. The zero-order valence-corrected chi connectivity index (χ0v) is 14.9. The van der Waals surface area contributed by atoms with Crippen LogP contribution in [0.4, 0.5) is 5.69 Å². The first kappa shape index (κ1) is 17.6. The van der Waals surface area contributed by atoms with Gasteiger partial charge in [-0.25, -0.2) is 0 Å². The lowest BCUT2D eigenvalue weighted by atomic mass is 9.83. The Kier molecular flexibility index (Phi) is 5.84. The van der Waals surface area contributed by atoms with E-state index in [1.54, 1.807) is 4.90 Å². The maximum absolute atomic E-state index is 13.0. The molecule has 1 aromatic carbocycles. The van der Waals surface area contributed by atoms with Crippen molar-refractivity contribution in [2.45, 2.75) is 58.0 Å². The first-order valence-corrected chi connectivity index (χ1v) is 9.44. The summed E-state index contributed by atoms with van der Waals surface area (Å²) in [6.45, 7) is 2.76. The Hall–Kier alpha value is -2.17. The van der Waals surface area contributed by atoms with Crippen LogP contribution in [-0.2, 0) is 9.59 Å². The highest BCUT2D eigenvalue weighted by molar-refractivity contribution is 6.13. The summed E-state index contributed by atoms with van der Waals surface area (Å²) < 4.78 is 0.